The van der Waals surface area contributed by atoms with Gasteiger partial charge < -0.3 is 15.2 Å². The Balaban J connectivity index is 2.09. The molecule has 2 N–H and O–H groups in total. The fraction of sp³-hybridized carbons (Fsp3) is 0.333. The van der Waals surface area contributed by atoms with Gasteiger partial charge in [0.1, 0.15) is 6.61 Å². The lowest BCUT2D eigenvalue weighted by Gasteiger charge is -2.29. The number of amides is 1. The van der Waals surface area contributed by atoms with Gasteiger partial charge in [-0.1, -0.05) is 28.1 Å². The number of ether oxygens (including phenoxy) is 1. The van der Waals surface area contributed by atoms with Crippen LogP contribution in [-0.2, 0) is 20.7 Å². The summed E-state index contributed by atoms with van der Waals surface area (Å²) in [7, 11) is 0. The topological polar surface area (TPSA) is 75.6 Å². The number of aliphatic carboxylic acids is 1. The minimum Gasteiger partial charge on any atom is -0.480 e. The predicted molar refractivity (Wildman–Crippen MR) is 67.2 cm³/mol. The van der Waals surface area contributed by atoms with Crippen molar-refractivity contribution in [2.45, 2.75) is 18.6 Å². The van der Waals surface area contributed by atoms with Crippen molar-refractivity contribution in [2.75, 3.05) is 6.61 Å². The average molecular weight is 314 g/mol. The van der Waals surface area contributed by atoms with Crippen LogP contribution in [0.25, 0.3) is 0 Å². The molecule has 0 saturated carbocycles. The summed E-state index contributed by atoms with van der Waals surface area (Å²) in [6.07, 6.45) is -0.0915. The molecule has 1 saturated heterocycles. The molecule has 2 unspecified atom stereocenters. The molecule has 0 aromatic heterocycles. The standard InChI is InChI=1S/C12H12BrNO4/c13-8-3-1-7(2-4-8)5-9-11(12(16)17)14-10(15)6-18-9/h1-4,9,11H,5-6H2,(H,14,15)(H,16,17). The molecule has 0 radical (unpaired) electrons. The van der Waals surface area contributed by atoms with E-state index in [1.165, 1.54) is 0 Å². The molecule has 1 amide bonds. The Morgan fingerprint density at radius 3 is 2.72 bits per heavy atom. The van der Waals surface area contributed by atoms with Crippen molar-refractivity contribution in [1.82, 2.24) is 5.32 Å². The molecule has 1 aromatic rings. The van der Waals surface area contributed by atoms with Crippen molar-refractivity contribution < 1.29 is 19.4 Å². The molecule has 1 aliphatic heterocycles. The first kappa shape index (κ1) is 13.0. The summed E-state index contributed by atoms with van der Waals surface area (Å²) in [6.45, 7) is -0.0923. The third kappa shape index (κ3) is 3.08. The van der Waals surface area contributed by atoms with Crippen LogP contribution >= 0.6 is 15.9 Å². The van der Waals surface area contributed by atoms with Crippen LogP contribution in [0.3, 0.4) is 0 Å². The van der Waals surface area contributed by atoms with Gasteiger partial charge in [0.15, 0.2) is 6.04 Å². The van der Waals surface area contributed by atoms with Gasteiger partial charge in [0.05, 0.1) is 6.10 Å². The highest BCUT2D eigenvalue weighted by Crippen LogP contribution is 2.16. The first-order valence-corrected chi connectivity index (χ1v) is 6.24. The Hall–Kier alpha value is -1.40. The first-order chi connectivity index (χ1) is 8.56. The second kappa shape index (κ2) is 5.49. The van der Waals surface area contributed by atoms with Crippen LogP contribution in [0, 0.1) is 0 Å². The summed E-state index contributed by atoms with van der Waals surface area (Å²) < 4.78 is 6.25. The molecule has 0 spiro atoms. The van der Waals surface area contributed by atoms with Crippen molar-refractivity contribution in [2.24, 2.45) is 0 Å². The largest absolute Gasteiger partial charge is 0.480 e. The summed E-state index contributed by atoms with van der Waals surface area (Å²) >= 11 is 3.33. The zero-order valence-electron chi connectivity index (χ0n) is 9.43. The Bertz CT molecular complexity index is 460. The Kier molecular flexibility index (Phi) is 3.98. The Labute approximate surface area is 112 Å². The lowest BCUT2D eigenvalue weighted by molar-refractivity contribution is -0.154. The number of morpholine rings is 1. The molecule has 0 bridgehead atoms. The summed E-state index contributed by atoms with van der Waals surface area (Å²) in [5, 5.41) is 11.5. The van der Waals surface area contributed by atoms with E-state index in [0.717, 1.165) is 10.0 Å². The maximum absolute atomic E-state index is 11.1. The second-order valence-corrected chi connectivity index (χ2v) is 4.98. The molecule has 2 atom stereocenters. The molecule has 0 aliphatic carbocycles. The smallest absolute Gasteiger partial charge is 0.328 e. The Morgan fingerprint density at radius 1 is 1.44 bits per heavy atom. The quantitative estimate of drug-likeness (QED) is 0.871. The molecule has 96 valence electrons. The van der Waals surface area contributed by atoms with E-state index in [1.807, 2.05) is 24.3 Å². The van der Waals surface area contributed by atoms with Crippen LogP contribution < -0.4 is 5.32 Å². The SMILES string of the molecule is O=C1COC(Cc2ccc(Br)cc2)C(C(=O)O)N1. The molecular formula is C12H12BrNO4. The molecule has 6 heteroatoms. The number of halogens is 1. The summed E-state index contributed by atoms with van der Waals surface area (Å²) in [5.41, 5.74) is 0.964. The number of hydrogen-bond donors (Lipinski definition) is 2. The third-order valence-corrected chi connectivity index (χ3v) is 3.26. The minimum atomic E-state index is -1.08. The number of carboxylic acid groups (broad SMARTS) is 1. The molecular weight excluding hydrogens is 302 g/mol. The molecule has 1 aromatic carbocycles. The normalized spacial score (nSPS) is 23.5. The predicted octanol–water partition coefficient (Wildman–Crippen LogP) is 0.960. The van der Waals surface area contributed by atoms with E-state index in [-0.39, 0.29) is 6.61 Å². The van der Waals surface area contributed by atoms with Crippen molar-refractivity contribution in [3.8, 4) is 0 Å². The van der Waals surface area contributed by atoms with E-state index >= 15 is 0 Å². The zero-order chi connectivity index (χ0) is 13.1. The number of carbonyl (C=O) groups is 2. The van der Waals surface area contributed by atoms with E-state index in [1.54, 1.807) is 0 Å². The van der Waals surface area contributed by atoms with Gasteiger partial charge in [-0.2, -0.15) is 0 Å². The lowest BCUT2D eigenvalue weighted by atomic mass is 10.0. The van der Waals surface area contributed by atoms with Crippen molar-refractivity contribution >= 4 is 27.8 Å². The Morgan fingerprint density at radius 2 is 2.11 bits per heavy atom. The number of benzene rings is 1. The molecule has 1 fully saturated rings. The van der Waals surface area contributed by atoms with Gasteiger partial charge >= 0.3 is 5.97 Å². The van der Waals surface area contributed by atoms with Gasteiger partial charge in [0.25, 0.3) is 0 Å². The number of rotatable bonds is 3. The van der Waals surface area contributed by atoms with Crippen LogP contribution in [0.5, 0.6) is 0 Å². The van der Waals surface area contributed by atoms with E-state index < -0.39 is 24.0 Å². The fourth-order valence-corrected chi connectivity index (χ4v) is 2.10. The summed E-state index contributed by atoms with van der Waals surface area (Å²) in [4.78, 5) is 22.2. The van der Waals surface area contributed by atoms with Crippen LogP contribution in [0.2, 0.25) is 0 Å². The third-order valence-electron chi connectivity index (χ3n) is 2.73. The van der Waals surface area contributed by atoms with Crippen molar-refractivity contribution in [1.29, 1.82) is 0 Å². The monoisotopic (exact) mass is 313 g/mol. The molecule has 5 nitrogen and oxygen atoms in total. The highest BCUT2D eigenvalue weighted by Gasteiger charge is 2.34. The van der Waals surface area contributed by atoms with E-state index in [0.29, 0.717) is 6.42 Å². The van der Waals surface area contributed by atoms with Crippen LogP contribution in [0.15, 0.2) is 28.7 Å². The summed E-state index contributed by atoms with van der Waals surface area (Å²) in [5.74, 6) is -1.47. The van der Waals surface area contributed by atoms with E-state index in [4.69, 9.17) is 9.84 Å². The van der Waals surface area contributed by atoms with Gasteiger partial charge in [-0.05, 0) is 17.7 Å². The fourth-order valence-electron chi connectivity index (χ4n) is 1.84. The van der Waals surface area contributed by atoms with Gasteiger partial charge in [0.2, 0.25) is 5.91 Å². The van der Waals surface area contributed by atoms with Crippen molar-refractivity contribution in [3.05, 3.63) is 34.3 Å². The van der Waals surface area contributed by atoms with E-state index in [9.17, 15) is 9.59 Å². The van der Waals surface area contributed by atoms with Crippen LogP contribution in [0.1, 0.15) is 5.56 Å². The van der Waals surface area contributed by atoms with Gasteiger partial charge in [0, 0.05) is 10.9 Å². The molecule has 2 rings (SSSR count). The number of carbonyl (C=O) groups excluding carboxylic acids is 1. The maximum Gasteiger partial charge on any atom is 0.328 e. The van der Waals surface area contributed by atoms with Gasteiger partial charge in [-0.3, -0.25) is 4.79 Å². The van der Waals surface area contributed by atoms with E-state index in [2.05, 4.69) is 21.2 Å². The van der Waals surface area contributed by atoms with Crippen molar-refractivity contribution in [3.63, 3.8) is 0 Å². The summed E-state index contributed by atoms with van der Waals surface area (Å²) in [6, 6.07) is 6.56. The van der Waals surface area contributed by atoms with Gasteiger partial charge in [-0.15, -0.1) is 0 Å². The van der Waals surface area contributed by atoms with Gasteiger partial charge in [-0.25, -0.2) is 4.79 Å². The molecule has 1 aliphatic rings. The highest BCUT2D eigenvalue weighted by atomic mass is 79.9. The maximum atomic E-state index is 11.1. The zero-order valence-corrected chi connectivity index (χ0v) is 11.0. The first-order valence-electron chi connectivity index (χ1n) is 5.44. The number of hydrogen-bond acceptors (Lipinski definition) is 3. The average Bonchev–Trinajstić information content (AvgIpc) is 2.34. The lowest BCUT2D eigenvalue weighted by Crippen LogP contribution is -2.56. The minimum absolute atomic E-state index is 0.0923. The number of carboxylic acids is 1. The second-order valence-electron chi connectivity index (χ2n) is 4.06. The highest BCUT2D eigenvalue weighted by molar-refractivity contribution is 9.10. The molecule has 18 heavy (non-hydrogen) atoms. The van der Waals surface area contributed by atoms with Crippen LogP contribution in [-0.4, -0.2) is 35.7 Å². The van der Waals surface area contributed by atoms with Crippen LogP contribution in [0.4, 0.5) is 0 Å². The number of nitrogens with one attached hydrogen (secondary N) is 1. The molecule has 1 heterocycles.